The van der Waals surface area contributed by atoms with Crippen molar-refractivity contribution in [3.8, 4) is 0 Å². The molecule has 0 bridgehead atoms. The van der Waals surface area contributed by atoms with Crippen molar-refractivity contribution in [2.24, 2.45) is 5.92 Å². The summed E-state index contributed by atoms with van der Waals surface area (Å²) in [6, 6.07) is 20.4. The second kappa shape index (κ2) is 9.53. The first kappa shape index (κ1) is 27.6. The number of rotatable bonds is 4. The van der Waals surface area contributed by atoms with Gasteiger partial charge >= 0.3 is 187 Å². The fraction of sp³-hybridized carbons (Fsp3) is 0.357. The molecule has 0 heterocycles. The Kier molecular flexibility index (Phi) is 8.22. The van der Waals surface area contributed by atoms with Gasteiger partial charge in [-0.05, 0) is 0 Å². The van der Waals surface area contributed by atoms with E-state index in [9.17, 15) is 0 Å². The van der Waals surface area contributed by atoms with Crippen LogP contribution in [0.3, 0.4) is 0 Å². The van der Waals surface area contributed by atoms with Crippen LogP contribution in [0, 0.1) is 5.92 Å². The minimum Gasteiger partial charge on any atom is -0.147 e. The van der Waals surface area contributed by atoms with Crippen LogP contribution in [-0.4, -0.2) is 6.88 Å². The fourth-order valence-electron chi connectivity index (χ4n) is 6.71. The van der Waals surface area contributed by atoms with E-state index in [1.165, 1.54) is 16.7 Å². The van der Waals surface area contributed by atoms with E-state index in [1.54, 1.807) is 27.9 Å². The van der Waals surface area contributed by atoms with Gasteiger partial charge in [0, 0.05) is 0 Å². The van der Waals surface area contributed by atoms with Gasteiger partial charge in [0.25, 0.3) is 0 Å². The molecule has 0 fully saturated rings. The van der Waals surface area contributed by atoms with Crippen molar-refractivity contribution in [3.63, 3.8) is 0 Å². The minimum atomic E-state index is -3.39. The Labute approximate surface area is 210 Å². The van der Waals surface area contributed by atoms with Crippen molar-refractivity contribution >= 4 is 37.3 Å². The summed E-state index contributed by atoms with van der Waals surface area (Å²) < 4.78 is 7.88. The molecule has 4 heteroatoms. The molecular weight excluding hydrogens is 527 g/mol. The summed E-state index contributed by atoms with van der Waals surface area (Å²) in [4.78, 5) is 0. The average Bonchev–Trinajstić information content (AvgIpc) is 3.17. The number of allylic oxidation sites excluding steroid dienone is 5. The molecule has 2 aliphatic rings. The van der Waals surface area contributed by atoms with Gasteiger partial charge in [-0.3, -0.25) is 0 Å². The van der Waals surface area contributed by atoms with E-state index in [2.05, 4.69) is 105 Å². The zero-order valence-electron chi connectivity index (χ0n) is 20.6. The second-order valence-corrected chi connectivity index (χ2v) is 39.9. The third-order valence-electron chi connectivity index (χ3n) is 8.11. The number of benzene rings is 2. The Balaban J connectivity index is 0.00000181. The molecule has 2 aliphatic carbocycles. The Morgan fingerprint density at radius 2 is 1.41 bits per heavy atom. The van der Waals surface area contributed by atoms with Gasteiger partial charge in [0.1, 0.15) is 0 Å². The third kappa shape index (κ3) is 4.04. The average molecular weight is 565 g/mol. The normalized spacial score (nSPS) is 20.9. The van der Waals surface area contributed by atoms with Crippen molar-refractivity contribution in [2.45, 2.75) is 53.9 Å². The van der Waals surface area contributed by atoms with Crippen molar-refractivity contribution in [3.05, 3.63) is 96.9 Å². The van der Waals surface area contributed by atoms with Crippen LogP contribution in [0.4, 0.5) is 0 Å². The maximum Gasteiger partial charge on any atom is -0.147 e. The standard InChI is InChI=1S/C17H15.C9H13.2CH3.2ClH.H2Si.Zr/c1-2-13-12-15-10-6-7-11-16(15)17(13)14-8-4-3-5-9-14;1-6-5-7(2)9(4)8(6)3;;;;;;/h3-12H,2H2,1H3;6H,1-4H3;2*1H3;2*1H;1H2;. The summed E-state index contributed by atoms with van der Waals surface area (Å²) in [5.74, 6) is 0.592. The van der Waals surface area contributed by atoms with Gasteiger partial charge in [0.05, 0.1) is 0 Å². The molecule has 0 amide bonds. The molecule has 32 heavy (non-hydrogen) atoms. The number of fused-ring (bicyclic) bond motifs is 1. The van der Waals surface area contributed by atoms with Gasteiger partial charge in [-0.15, -0.1) is 24.8 Å². The second-order valence-electron chi connectivity index (χ2n) is 10.5. The summed E-state index contributed by atoms with van der Waals surface area (Å²) in [5, 5.41) is 0. The molecule has 172 valence electrons. The van der Waals surface area contributed by atoms with Crippen LogP contribution in [0.15, 0.2) is 80.2 Å². The molecule has 0 aromatic heterocycles. The topological polar surface area (TPSA) is 0 Å². The molecule has 0 aliphatic heterocycles. The first-order valence-electron chi connectivity index (χ1n) is 11.4. The van der Waals surface area contributed by atoms with Crippen molar-refractivity contribution in [1.82, 2.24) is 0 Å². The van der Waals surface area contributed by atoms with E-state index >= 15 is 0 Å². The van der Waals surface area contributed by atoms with Crippen LogP contribution in [0.25, 0.3) is 5.57 Å². The molecule has 0 nitrogen and oxygen atoms in total. The molecule has 0 radical (unpaired) electrons. The summed E-state index contributed by atoms with van der Waals surface area (Å²) in [7, 11) is 0. The van der Waals surface area contributed by atoms with Crippen molar-refractivity contribution in [2.75, 3.05) is 0 Å². The molecule has 0 spiro atoms. The van der Waals surface area contributed by atoms with Crippen LogP contribution in [0.2, 0.25) is 9.26 Å². The van der Waals surface area contributed by atoms with E-state index in [-0.39, 0.29) is 24.8 Å². The molecule has 4 rings (SSSR count). The quantitative estimate of drug-likeness (QED) is 0.327. The van der Waals surface area contributed by atoms with Gasteiger partial charge in [-0.25, -0.2) is 0 Å². The molecule has 2 atom stereocenters. The molecular formula is C28H38Cl2SiZr. The molecule has 0 saturated carbocycles. The van der Waals surface area contributed by atoms with Gasteiger partial charge in [-0.1, -0.05) is 0 Å². The molecule has 0 N–H and O–H groups in total. The molecule has 0 saturated heterocycles. The van der Waals surface area contributed by atoms with Crippen molar-refractivity contribution < 1.29 is 17.4 Å². The van der Waals surface area contributed by atoms with Crippen molar-refractivity contribution in [1.29, 1.82) is 0 Å². The van der Waals surface area contributed by atoms with E-state index in [0.717, 1.165) is 6.42 Å². The summed E-state index contributed by atoms with van der Waals surface area (Å²) in [6.45, 7) is 14.4. The largest absolute Gasteiger partial charge is 0.147 e. The van der Waals surface area contributed by atoms with Crippen LogP contribution in [0.5, 0.6) is 0 Å². The fourth-order valence-corrected chi connectivity index (χ4v) is 27.8. The zero-order chi connectivity index (χ0) is 21.9. The molecule has 2 aromatic carbocycles. The first-order chi connectivity index (χ1) is 14.1. The third-order valence-corrected chi connectivity index (χ3v) is 25.3. The van der Waals surface area contributed by atoms with Crippen LogP contribution in [0.1, 0.15) is 61.4 Å². The van der Waals surface area contributed by atoms with Crippen LogP contribution in [-0.2, 0) is 17.4 Å². The van der Waals surface area contributed by atoms with Crippen LogP contribution < -0.4 is 0 Å². The van der Waals surface area contributed by atoms with E-state index in [1.807, 2.05) is 3.28 Å². The Hall–Kier alpha value is -0.660. The number of hydrogen-bond acceptors (Lipinski definition) is 0. The van der Waals surface area contributed by atoms with Gasteiger partial charge in [0.2, 0.25) is 0 Å². The smallest absolute Gasteiger partial charge is 0.147 e. The molecule has 2 unspecified atom stereocenters. The first-order valence-corrected chi connectivity index (χ1v) is 24.9. The number of halogens is 2. The predicted octanol–water partition coefficient (Wildman–Crippen LogP) is 8.39. The minimum absolute atomic E-state index is 0. The maximum atomic E-state index is 2.73. The Bertz CT molecular complexity index is 1190. The number of hydrogen-bond donors (Lipinski definition) is 0. The monoisotopic (exact) mass is 562 g/mol. The zero-order valence-corrected chi connectivity index (χ0v) is 26.1. The van der Waals surface area contributed by atoms with E-state index < -0.39 is 17.4 Å². The van der Waals surface area contributed by atoms with E-state index in [4.69, 9.17) is 0 Å². The summed E-state index contributed by atoms with van der Waals surface area (Å²) in [6.07, 6.45) is 1.12. The van der Waals surface area contributed by atoms with Gasteiger partial charge in [0.15, 0.2) is 0 Å². The molecule has 2 aromatic rings. The summed E-state index contributed by atoms with van der Waals surface area (Å²) in [5.41, 5.74) is 12.4. The van der Waals surface area contributed by atoms with Gasteiger partial charge < -0.3 is 0 Å². The van der Waals surface area contributed by atoms with E-state index in [0.29, 0.717) is 9.54 Å². The van der Waals surface area contributed by atoms with Crippen LogP contribution >= 0.6 is 24.8 Å². The Morgan fingerprint density at radius 3 is 1.94 bits per heavy atom. The maximum absolute atomic E-state index is 3.39. The predicted molar refractivity (Wildman–Crippen MR) is 147 cm³/mol. The SMILES string of the molecule is CCC1=C(c2ccccc2)c2ccccc2[CH]1[Zr]([CH3])([CH3])(=[SiH2])[C]1=C(C)C(C)=C(C)C1C.Cl.Cl. The Morgan fingerprint density at radius 1 is 0.844 bits per heavy atom. The summed E-state index contributed by atoms with van der Waals surface area (Å²) >= 11 is -3.39. The van der Waals surface area contributed by atoms with Gasteiger partial charge in [-0.2, -0.15) is 0 Å².